The molecule has 4 aromatic rings. The van der Waals surface area contributed by atoms with Crippen LogP contribution in [0.5, 0.6) is 0 Å². The number of rotatable bonds is 4. The molecule has 6 nitrogen and oxygen atoms in total. The number of halogens is 1. The zero-order valence-corrected chi connectivity index (χ0v) is 15.6. The monoisotopic (exact) mass is 390 g/mol. The molecular formula is C22H19FN4O2. The molecule has 1 saturated carbocycles. The molecule has 29 heavy (non-hydrogen) atoms. The van der Waals surface area contributed by atoms with Gasteiger partial charge in [0.2, 0.25) is 0 Å². The lowest BCUT2D eigenvalue weighted by Crippen LogP contribution is -2.11. The predicted octanol–water partition coefficient (Wildman–Crippen LogP) is 5.06. The molecule has 1 N–H and O–H groups in total. The summed E-state index contributed by atoms with van der Waals surface area (Å²) in [6, 6.07) is 9.64. The molecule has 0 spiro atoms. The Morgan fingerprint density at radius 1 is 1.21 bits per heavy atom. The fourth-order valence-electron chi connectivity index (χ4n) is 3.91. The van der Waals surface area contributed by atoms with E-state index in [1.165, 1.54) is 54.3 Å². The molecule has 1 aliphatic carbocycles. The van der Waals surface area contributed by atoms with Gasteiger partial charge in [-0.3, -0.25) is 4.79 Å². The molecule has 7 heteroatoms. The molecule has 0 radical (unpaired) electrons. The lowest BCUT2D eigenvalue weighted by molar-refractivity contribution is 0.0996. The summed E-state index contributed by atoms with van der Waals surface area (Å²) in [4.78, 5) is 16.7. The maximum absolute atomic E-state index is 14.5. The lowest BCUT2D eigenvalue weighted by Gasteiger charge is -2.07. The quantitative estimate of drug-likeness (QED) is 0.528. The van der Waals surface area contributed by atoms with E-state index >= 15 is 0 Å². The number of carbonyl (C=O) groups is 1. The molecule has 1 aromatic carbocycles. The minimum Gasteiger partial charge on any atom is -0.459 e. The Balaban J connectivity index is 1.46. The summed E-state index contributed by atoms with van der Waals surface area (Å²) in [5.41, 5.74) is 2.47. The van der Waals surface area contributed by atoms with Gasteiger partial charge in [0.15, 0.2) is 11.4 Å². The van der Waals surface area contributed by atoms with Crippen LogP contribution in [-0.2, 0) is 0 Å². The summed E-state index contributed by atoms with van der Waals surface area (Å²) in [6.45, 7) is 0. The minimum absolute atomic E-state index is 0.185. The topological polar surface area (TPSA) is 73.0 Å². The standard InChI is InChI=1S/C22H19FN4O2/c23-18-8-7-17(25-22(28)20-6-3-9-29-20)11-19(18)27-13-16-10-15(12-24-21(16)26-27)14-4-1-2-5-14/h3,6-14H,1-2,4-5H2,(H,25,28). The van der Waals surface area contributed by atoms with Crippen molar-refractivity contribution in [1.82, 2.24) is 14.8 Å². The summed E-state index contributed by atoms with van der Waals surface area (Å²) in [6.07, 6.45) is 9.96. The van der Waals surface area contributed by atoms with E-state index < -0.39 is 11.7 Å². The molecule has 3 aromatic heterocycles. The average molecular weight is 390 g/mol. The van der Waals surface area contributed by atoms with E-state index in [2.05, 4.69) is 21.5 Å². The largest absolute Gasteiger partial charge is 0.459 e. The van der Waals surface area contributed by atoms with Crippen molar-refractivity contribution in [1.29, 1.82) is 0 Å². The number of anilines is 1. The fourth-order valence-corrected chi connectivity index (χ4v) is 3.91. The van der Waals surface area contributed by atoms with Crippen LogP contribution in [0.1, 0.15) is 47.7 Å². The molecule has 146 valence electrons. The first-order valence-electron chi connectivity index (χ1n) is 9.67. The first-order valence-corrected chi connectivity index (χ1v) is 9.67. The molecule has 5 rings (SSSR count). The van der Waals surface area contributed by atoms with Crippen molar-refractivity contribution >= 4 is 22.6 Å². The highest BCUT2D eigenvalue weighted by Crippen LogP contribution is 2.34. The summed E-state index contributed by atoms with van der Waals surface area (Å²) < 4.78 is 21.1. The maximum atomic E-state index is 14.5. The van der Waals surface area contributed by atoms with Gasteiger partial charge in [-0.2, -0.15) is 0 Å². The second-order valence-electron chi connectivity index (χ2n) is 7.33. The summed E-state index contributed by atoms with van der Waals surface area (Å²) in [5.74, 6) is -0.109. The number of pyridine rings is 1. The number of benzene rings is 1. The van der Waals surface area contributed by atoms with Gasteiger partial charge in [-0.1, -0.05) is 12.8 Å². The maximum Gasteiger partial charge on any atom is 0.291 e. The zero-order valence-electron chi connectivity index (χ0n) is 15.6. The highest BCUT2D eigenvalue weighted by atomic mass is 19.1. The van der Waals surface area contributed by atoms with Gasteiger partial charge in [-0.05, 0) is 60.7 Å². The number of carbonyl (C=O) groups excluding carboxylic acids is 1. The first kappa shape index (κ1) is 17.6. The normalized spacial score (nSPS) is 14.5. The average Bonchev–Trinajstić information content (AvgIpc) is 3.49. The third-order valence-electron chi connectivity index (χ3n) is 5.40. The Hall–Kier alpha value is -3.48. The van der Waals surface area contributed by atoms with Crippen molar-refractivity contribution in [3.8, 4) is 5.69 Å². The van der Waals surface area contributed by atoms with Gasteiger partial charge in [0.25, 0.3) is 5.91 Å². The van der Waals surface area contributed by atoms with Gasteiger partial charge in [0, 0.05) is 23.5 Å². The molecule has 0 aliphatic heterocycles. The SMILES string of the molecule is O=C(Nc1ccc(F)c(-n2cc3cc(C4CCCC4)cnc3n2)c1)c1ccco1. The van der Waals surface area contributed by atoms with E-state index in [-0.39, 0.29) is 11.4 Å². The molecule has 1 fully saturated rings. The van der Waals surface area contributed by atoms with Crippen molar-refractivity contribution in [2.24, 2.45) is 0 Å². The Morgan fingerprint density at radius 2 is 2.07 bits per heavy atom. The van der Waals surface area contributed by atoms with Crippen LogP contribution in [0.3, 0.4) is 0 Å². The van der Waals surface area contributed by atoms with Crippen LogP contribution < -0.4 is 5.32 Å². The third kappa shape index (κ3) is 3.40. The van der Waals surface area contributed by atoms with Crippen LogP contribution in [0.25, 0.3) is 16.7 Å². The number of hydrogen-bond donors (Lipinski definition) is 1. The number of amides is 1. The first-order chi connectivity index (χ1) is 14.2. The number of fused-ring (bicyclic) bond motifs is 1. The van der Waals surface area contributed by atoms with E-state index in [9.17, 15) is 9.18 Å². The Bertz CT molecular complexity index is 1180. The molecule has 0 bridgehead atoms. The second-order valence-corrected chi connectivity index (χ2v) is 7.33. The van der Waals surface area contributed by atoms with Crippen LogP contribution in [0, 0.1) is 5.82 Å². The number of aromatic nitrogens is 3. The van der Waals surface area contributed by atoms with Crippen LogP contribution in [-0.4, -0.2) is 20.7 Å². The molecule has 0 saturated heterocycles. The van der Waals surface area contributed by atoms with Crippen LogP contribution in [0.2, 0.25) is 0 Å². The molecule has 3 heterocycles. The Labute approximate surface area is 166 Å². The van der Waals surface area contributed by atoms with Gasteiger partial charge in [-0.15, -0.1) is 5.10 Å². The minimum atomic E-state index is -0.440. The molecule has 0 atom stereocenters. The highest BCUT2D eigenvalue weighted by Gasteiger charge is 2.19. The van der Waals surface area contributed by atoms with Crippen LogP contribution in [0.15, 0.2) is 59.5 Å². The number of nitrogens with one attached hydrogen (secondary N) is 1. The fraction of sp³-hybridized carbons (Fsp3) is 0.227. The van der Waals surface area contributed by atoms with Crippen molar-refractivity contribution in [2.45, 2.75) is 31.6 Å². The van der Waals surface area contributed by atoms with E-state index in [1.807, 2.05) is 6.20 Å². The smallest absolute Gasteiger partial charge is 0.291 e. The van der Waals surface area contributed by atoms with Crippen molar-refractivity contribution in [3.63, 3.8) is 0 Å². The number of nitrogens with zero attached hydrogens (tertiary/aromatic N) is 3. The predicted molar refractivity (Wildman–Crippen MR) is 107 cm³/mol. The summed E-state index contributed by atoms with van der Waals surface area (Å²) in [5, 5.41) is 8.00. The van der Waals surface area contributed by atoms with Crippen molar-refractivity contribution < 1.29 is 13.6 Å². The molecule has 1 amide bonds. The Kier molecular flexibility index (Phi) is 4.35. The van der Waals surface area contributed by atoms with Gasteiger partial charge in [0.05, 0.1) is 6.26 Å². The summed E-state index contributed by atoms with van der Waals surface area (Å²) in [7, 11) is 0. The molecule has 0 unspecified atom stereocenters. The van der Waals surface area contributed by atoms with E-state index in [1.54, 1.807) is 24.4 Å². The number of hydrogen-bond acceptors (Lipinski definition) is 4. The zero-order chi connectivity index (χ0) is 19.8. The van der Waals surface area contributed by atoms with Gasteiger partial charge in [0.1, 0.15) is 11.5 Å². The second kappa shape index (κ2) is 7.16. The van der Waals surface area contributed by atoms with Gasteiger partial charge < -0.3 is 9.73 Å². The van der Waals surface area contributed by atoms with Crippen molar-refractivity contribution in [2.75, 3.05) is 5.32 Å². The van der Waals surface area contributed by atoms with E-state index in [4.69, 9.17) is 4.42 Å². The Morgan fingerprint density at radius 3 is 2.86 bits per heavy atom. The van der Waals surface area contributed by atoms with Gasteiger partial charge in [-0.25, -0.2) is 14.1 Å². The molecular weight excluding hydrogens is 371 g/mol. The highest BCUT2D eigenvalue weighted by molar-refractivity contribution is 6.02. The number of furan rings is 1. The van der Waals surface area contributed by atoms with E-state index in [0.29, 0.717) is 17.3 Å². The van der Waals surface area contributed by atoms with Gasteiger partial charge >= 0.3 is 0 Å². The lowest BCUT2D eigenvalue weighted by atomic mass is 9.99. The third-order valence-corrected chi connectivity index (χ3v) is 5.40. The van der Waals surface area contributed by atoms with E-state index in [0.717, 1.165) is 5.39 Å². The summed E-state index contributed by atoms with van der Waals surface area (Å²) >= 11 is 0. The van der Waals surface area contributed by atoms with Crippen LogP contribution in [0.4, 0.5) is 10.1 Å². The van der Waals surface area contributed by atoms with Crippen LogP contribution >= 0.6 is 0 Å². The van der Waals surface area contributed by atoms with Crippen molar-refractivity contribution in [3.05, 3.63) is 72.2 Å². The molecule has 1 aliphatic rings.